The Morgan fingerprint density at radius 3 is 2.16 bits per heavy atom. The van der Waals surface area contributed by atoms with Crippen LogP contribution >= 0.6 is 11.8 Å². The van der Waals surface area contributed by atoms with E-state index in [0.29, 0.717) is 17.1 Å². The summed E-state index contributed by atoms with van der Waals surface area (Å²) in [6.45, 7) is 0. The van der Waals surface area contributed by atoms with Crippen molar-refractivity contribution in [3.63, 3.8) is 0 Å². The normalized spacial score (nSPS) is 13.7. The van der Waals surface area contributed by atoms with Crippen LogP contribution < -0.4 is 14.4 Å². The number of carbonyl (C=O) groups excluding carboxylic acids is 2. The predicted molar refractivity (Wildman–Crippen MR) is 118 cm³/mol. The maximum Gasteiger partial charge on any atom is 0.273 e. The van der Waals surface area contributed by atoms with Crippen molar-refractivity contribution in [1.82, 2.24) is 0 Å². The topological polar surface area (TPSA) is 55.8 Å². The van der Waals surface area contributed by atoms with E-state index < -0.39 is 17.6 Å². The summed E-state index contributed by atoms with van der Waals surface area (Å²) in [6.07, 6.45) is 0. The second kappa shape index (κ2) is 8.65. The zero-order valence-electron chi connectivity index (χ0n) is 16.8. The van der Waals surface area contributed by atoms with E-state index in [1.807, 2.05) is 30.3 Å². The summed E-state index contributed by atoms with van der Waals surface area (Å²) in [6, 6.07) is 19.9. The number of hydrogen-bond donors (Lipinski definition) is 0. The molecule has 1 aliphatic rings. The summed E-state index contributed by atoms with van der Waals surface area (Å²) in [5, 5.41) is 0. The van der Waals surface area contributed by atoms with Crippen LogP contribution in [0.2, 0.25) is 0 Å². The van der Waals surface area contributed by atoms with Crippen molar-refractivity contribution in [2.45, 2.75) is 4.90 Å². The third kappa shape index (κ3) is 3.80. The summed E-state index contributed by atoms with van der Waals surface area (Å²) < 4.78 is 25.1. The minimum absolute atomic E-state index is 0.0841. The number of anilines is 1. The van der Waals surface area contributed by atoms with Crippen molar-refractivity contribution < 1.29 is 23.5 Å². The Morgan fingerprint density at radius 2 is 1.48 bits per heavy atom. The van der Waals surface area contributed by atoms with Gasteiger partial charge in [0, 0.05) is 4.90 Å². The monoisotopic (exact) mass is 435 g/mol. The van der Waals surface area contributed by atoms with Crippen molar-refractivity contribution in [2.24, 2.45) is 0 Å². The Kier molecular flexibility index (Phi) is 5.77. The molecule has 2 amide bonds. The molecule has 156 valence electrons. The molecule has 31 heavy (non-hydrogen) atoms. The molecule has 0 bridgehead atoms. The van der Waals surface area contributed by atoms with Crippen LogP contribution in [0.1, 0.15) is 5.56 Å². The number of thioether (sulfide) groups is 1. The lowest BCUT2D eigenvalue weighted by atomic mass is 10.1. The maximum absolute atomic E-state index is 14.5. The second-order valence-corrected chi connectivity index (χ2v) is 7.67. The number of imide groups is 1. The lowest BCUT2D eigenvalue weighted by Gasteiger charge is -2.16. The molecule has 0 aliphatic carbocycles. The molecule has 0 radical (unpaired) electrons. The molecule has 7 heteroatoms. The van der Waals surface area contributed by atoms with E-state index >= 15 is 0 Å². The van der Waals surface area contributed by atoms with E-state index in [2.05, 4.69) is 0 Å². The van der Waals surface area contributed by atoms with Crippen molar-refractivity contribution in [2.75, 3.05) is 19.1 Å². The first-order chi connectivity index (χ1) is 15.0. The predicted octanol–water partition coefficient (Wildman–Crippen LogP) is 4.92. The number of methoxy groups -OCH3 is 2. The van der Waals surface area contributed by atoms with Crippen molar-refractivity contribution >= 4 is 34.8 Å². The van der Waals surface area contributed by atoms with E-state index in [1.165, 1.54) is 44.2 Å². The van der Waals surface area contributed by atoms with E-state index in [9.17, 15) is 14.0 Å². The van der Waals surface area contributed by atoms with Gasteiger partial charge in [0.05, 0.1) is 30.4 Å². The number of amides is 2. The summed E-state index contributed by atoms with van der Waals surface area (Å²) >= 11 is 1.17. The first-order valence-electron chi connectivity index (χ1n) is 9.38. The fourth-order valence-corrected chi connectivity index (χ4v) is 4.32. The largest absolute Gasteiger partial charge is 0.493 e. The summed E-state index contributed by atoms with van der Waals surface area (Å²) in [7, 11) is 3.00. The fourth-order valence-electron chi connectivity index (χ4n) is 3.31. The smallest absolute Gasteiger partial charge is 0.273 e. The minimum Gasteiger partial charge on any atom is -0.493 e. The van der Waals surface area contributed by atoms with Gasteiger partial charge in [0.15, 0.2) is 11.5 Å². The molecule has 0 fully saturated rings. The van der Waals surface area contributed by atoms with Gasteiger partial charge in [0.2, 0.25) is 0 Å². The average molecular weight is 435 g/mol. The lowest BCUT2D eigenvalue weighted by Crippen LogP contribution is -2.32. The SMILES string of the molecule is COc1ccc(C2=C(Sc3ccccc3)C(=O)N(c3ccccc3F)C2=O)cc1OC. The summed E-state index contributed by atoms with van der Waals surface area (Å²) in [5.41, 5.74) is 0.579. The maximum atomic E-state index is 14.5. The first-order valence-corrected chi connectivity index (χ1v) is 10.2. The van der Waals surface area contributed by atoms with Gasteiger partial charge in [0.1, 0.15) is 5.82 Å². The number of hydrogen-bond acceptors (Lipinski definition) is 5. The van der Waals surface area contributed by atoms with Gasteiger partial charge in [-0.15, -0.1) is 0 Å². The molecule has 0 unspecified atom stereocenters. The van der Waals surface area contributed by atoms with Gasteiger partial charge in [0.25, 0.3) is 11.8 Å². The number of para-hydroxylation sites is 1. The number of rotatable bonds is 6. The van der Waals surface area contributed by atoms with Crippen LogP contribution in [-0.4, -0.2) is 26.0 Å². The number of ether oxygens (including phenoxy) is 2. The van der Waals surface area contributed by atoms with Crippen molar-refractivity contribution in [1.29, 1.82) is 0 Å². The average Bonchev–Trinajstić information content (AvgIpc) is 3.03. The van der Waals surface area contributed by atoms with E-state index in [1.54, 1.807) is 24.3 Å². The molecule has 0 spiro atoms. The van der Waals surface area contributed by atoms with Gasteiger partial charge in [-0.1, -0.05) is 48.2 Å². The zero-order valence-corrected chi connectivity index (χ0v) is 17.6. The highest BCUT2D eigenvalue weighted by atomic mass is 32.2. The van der Waals surface area contributed by atoms with Crippen LogP contribution in [0, 0.1) is 5.82 Å². The lowest BCUT2D eigenvalue weighted by molar-refractivity contribution is -0.119. The third-order valence-electron chi connectivity index (χ3n) is 4.77. The van der Waals surface area contributed by atoms with E-state index in [-0.39, 0.29) is 16.2 Å². The van der Waals surface area contributed by atoms with Gasteiger partial charge in [-0.3, -0.25) is 9.59 Å². The molecule has 0 saturated heterocycles. The molecule has 4 rings (SSSR count). The molecule has 1 aliphatic heterocycles. The number of nitrogens with zero attached hydrogens (tertiary/aromatic N) is 1. The molecule has 0 aromatic heterocycles. The Balaban J connectivity index is 1.87. The number of benzene rings is 3. The number of halogens is 1. The van der Waals surface area contributed by atoms with Crippen LogP contribution in [0.25, 0.3) is 5.57 Å². The highest BCUT2D eigenvalue weighted by molar-refractivity contribution is 8.04. The molecule has 0 N–H and O–H groups in total. The Morgan fingerprint density at radius 1 is 0.806 bits per heavy atom. The Labute approximate surface area is 183 Å². The van der Waals surface area contributed by atoms with Crippen LogP contribution in [-0.2, 0) is 9.59 Å². The van der Waals surface area contributed by atoms with Gasteiger partial charge in [-0.2, -0.15) is 0 Å². The standard InChI is InChI=1S/C24H18FNO4S/c1-29-19-13-12-15(14-20(19)30-2)21-22(31-16-8-4-3-5-9-16)24(28)26(23(21)27)18-11-7-6-10-17(18)25/h3-14H,1-2H3. The highest BCUT2D eigenvalue weighted by Crippen LogP contribution is 2.43. The van der Waals surface area contributed by atoms with Crippen LogP contribution in [0.5, 0.6) is 11.5 Å². The molecular weight excluding hydrogens is 417 g/mol. The third-order valence-corrected chi connectivity index (χ3v) is 5.86. The van der Waals surface area contributed by atoms with Gasteiger partial charge in [-0.25, -0.2) is 9.29 Å². The van der Waals surface area contributed by atoms with Crippen molar-refractivity contribution in [3.8, 4) is 11.5 Å². The Hall–Kier alpha value is -3.58. The Bertz CT molecular complexity index is 1190. The molecule has 0 atom stereocenters. The number of carbonyl (C=O) groups is 2. The van der Waals surface area contributed by atoms with Crippen LogP contribution in [0.3, 0.4) is 0 Å². The van der Waals surface area contributed by atoms with Gasteiger partial charge >= 0.3 is 0 Å². The van der Waals surface area contributed by atoms with E-state index in [4.69, 9.17) is 9.47 Å². The van der Waals surface area contributed by atoms with Gasteiger partial charge < -0.3 is 9.47 Å². The fraction of sp³-hybridized carbons (Fsp3) is 0.0833. The zero-order chi connectivity index (χ0) is 22.0. The minimum atomic E-state index is -0.651. The highest BCUT2D eigenvalue weighted by Gasteiger charge is 2.41. The second-order valence-electron chi connectivity index (χ2n) is 6.59. The molecule has 3 aromatic carbocycles. The van der Waals surface area contributed by atoms with E-state index in [0.717, 1.165) is 9.80 Å². The first kappa shape index (κ1) is 20.7. The molecule has 1 heterocycles. The molecular formula is C24H18FNO4S. The van der Waals surface area contributed by atoms with Crippen LogP contribution in [0.15, 0.2) is 82.6 Å². The quantitative estimate of drug-likeness (QED) is 0.515. The summed E-state index contributed by atoms with van der Waals surface area (Å²) in [4.78, 5) is 28.6. The van der Waals surface area contributed by atoms with Crippen LogP contribution in [0.4, 0.5) is 10.1 Å². The molecule has 0 saturated carbocycles. The molecule has 3 aromatic rings. The van der Waals surface area contributed by atoms with Crippen molar-refractivity contribution in [3.05, 3.63) is 89.1 Å². The summed E-state index contributed by atoms with van der Waals surface area (Å²) in [5.74, 6) is -0.913. The molecule has 5 nitrogen and oxygen atoms in total. The van der Waals surface area contributed by atoms with Gasteiger partial charge in [-0.05, 0) is 42.0 Å².